The summed E-state index contributed by atoms with van der Waals surface area (Å²) in [5, 5.41) is 12.9. The van der Waals surface area contributed by atoms with Gasteiger partial charge in [-0.05, 0) is 37.0 Å². The fourth-order valence-electron chi connectivity index (χ4n) is 3.00. The molecule has 0 aliphatic carbocycles. The van der Waals surface area contributed by atoms with E-state index in [0.29, 0.717) is 5.75 Å². The molecule has 1 amide bonds. The number of para-hydroxylation sites is 3. The maximum atomic E-state index is 13.1. The van der Waals surface area contributed by atoms with E-state index in [1.54, 1.807) is 18.2 Å². The minimum Gasteiger partial charge on any atom is -0.493 e. The zero-order valence-corrected chi connectivity index (χ0v) is 17.1. The van der Waals surface area contributed by atoms with E-state index < -0.39 is 62.1 Å². The van der Waals surface area contributed by atoms with Crippen LogP contribution in [0.2, 0.25) is 0 Å². The lowest BCUT2D eigenvalue weighted by Gasteiger charge is -2.35. The Labute approximate surface area is 200 Å². The summed E-state index contributed by atoms with van der Waals surface area (Å²) in [7, 11) is 1.41. The molecule has 0 spiro atoms. The lowest BCUT2D eigenvalue weighted by molar-refractivity contribution is -0.117. The summed E-state index contributed by atoms with van der Waals surface area (Å²) in [6.45, 7) is -12.6. The summed E-state index contributed by atoms with van der Waals surface area (Å²) in [5.41, 5.74) is -1.43. The predicted octanol–water partition coefficient (Wildman–Crippen LogP) is 2.31. The summed E-state index contributed by atoms with van der Waals surface area (Å²) in [4.78, 5) is 15.3. The third-order valence-corrected chi connectivity index (χ3v) is 4.56. The van der Waals surface area contributed by atoms with Gasteiger partial charge < -0.3 is 19.9 Å². The summed E-state index contributed by atoms with van der Waals surface area (Å²) >= 11 is 0. The van der Waals surface area contributed by atoms with Crippen LogP contribution in [-0.2, 0) is 4.79 Å². The zero-order chi connectivity index (χ0) is 31.7. The Bertz CT molecular complexity index is 1230. The van der Waals surface area contributed by atoms with E-state index in [-0.39, 0.29) is 31.9 Å². The molecule has 7 heteroatoms. The third-order valence-electron chi connectivity index (χ3n) is 4.56. The summed E-state index contributed by atoms with van der Waals surface area (Å²) in [6, 6.07) is 9.96. The normalized spacial score (nSPS) is 24.0. The number of benzene rings is 2. The van der Waals surface area contributed by atoms with Crippen LogP contribution < -0.4 is 14.8 Å². The zero-order valence-electron chi connectivity index (χ0n) is 28.1. The molecule has 0 radical (unpaired) electrons. The van der Waals surface area contributed by atoms with E-state index in [4.69, 9.17) is 24.6 Å². The molecule has 7 nitrogen and oxygen atoms in total. The second-order valence-electron chi connectivity index (χ2n) is 6.77. The van der Waals surface area contributed by atoms with Crippen molar-refractivity contribution in [2.45, 2.75) is 19.8 Å². The van der Waals surface area contributed by atoms with Crippen LogP contribution in [0.3, 0.4) is 0 Å². The second kappa shape index (κ2) is 11.1. The van der Waals surface area contributed by atoms with Gasteiger partial charge in [0, 0.05) is 49.3 Å². The summed E-state index contributed by atoms with van der Waals surface area (Å²) in [6.07, 6.45) is -2.75. The van der Waals surface area contributed by atoms with E-state index in [1.807, 2.05) is 0 Å². The van der Waals surface area contributed by atoms with Crippen LogP contribution >= 0.6 is 0 Å². The lowest BCUT2D eigenvalue weighted by Crippen LogP contribution is -2.50. The Morgan fingerprint density at radius 3 is 2.42 bits per heavy atom. The Balaban J connectivity index is 1.72. The molecule has 1 aliphatic heterocycles. The van der Waals surface area contributed by atoms with Crippen molar-refractivity contribution in [3.63, 3.8) is 0 Å². The summed E-state index contributed by atoms with van der Waals surface area (Å²) in [5.74, 6) is -0.772. The van der Waals surface area contributed by atoms with E-state index in [9.17, 15) is 9.90 Å². The van der Waals surface area contributed by atoms with Crippen molar-refractivity contribution in [1.82, 2.24) is 9.80 Å². The van der Waals surface area contributed by atoms with Gasteiger partial charge in [0.2, 0.25) is 5.91 Å². The average Bonchev–Trinajstić information content (AvgIpc) is 2.90. The lowest BCUT2D eigenvalue weighted by atomic mass is 10.1. The number of hydrogen-bond acceptors (Lipinski definition) is 6. The van der Waals surface area contributed by atoms with Crippen molar-refractivity contribution in [2.75, 3.05) is 58.2 Å². The van der Waals surface area contributed by atoms with Crippen molar-refractivity contribution in [3.8, 4) is 11.5 Å². The highest BCUT2D eigenvalue weighted by Gasteiger charge is 2.21. The number of anilines is 1. The van der Waals surface area contributed by atoms with Gasteiger partial charge in [0.05, 0.1) is 17.7 Å². The first-order chi connectivity index (χ1) is 19.2. The number of β-amino-alcohol motifs (C(OH)–C–C–N with tert-alkyl or cyclic N) is 1. The van der Waals surface area contributed by atoms with Crippen LogP contribution in [-0.4, -0.2) is 79.8 Å². The topological polar surface area (TPSA) is 74.3 Å². The van der Waals surface area contributed by atoms with E-state index in [0.717, 1.165) is 21.9 Å². The summed E-state index contributed by atoms with van der Waals surface area (Å²) < 4.78 is 99.2. The Hall–Kier alpha value is -2.61. The van der Waals surface area contributed by atoms with Crippen molar-refractivity contribution < 1.29 is 34.5 Å². The molecule has 31 heavy (non-hydrogen) atoms. The van der Waals surface area contributed by atoms with Gasteiger partial charge in [0.1, 0.15) is 12.7 Å². The largest absolute Gasteiger partial charge is 0.493 e. The number of aliphatic hydroxyl groups is 1. The SMILES string of the molecule is [2H]C([2H])([2H])c1cccc(C([2H])([2H])[2H])c1NC(=O)C([2H])([2H])N1CCN(C([2H])([2H])C([2H])(O)COc2ccccc2OC)CC1. The molecule has 1 unspecified atom stereocenters. The molecule has 1 saturated heterocycles. The van der Waals surface area contributed by atoms with Crippen molar-refractivity contribution in [1.29, 1.82) is 0 Å². The standard InChI is InChI=1S/C24H33N3O4/c1-18-7-6-8-19(2)24(18)25-23(29)16-27-13-11-26(12-14-27)15-20(28)17-31-22-10-5-4-9-21(22)30-3/h4-10,20,28H,11-17H2,1-3H3,(H,25,29)/i1D3,2D3,15D2,16D2,20D. The van der Waals surface area contributed by atoms with E-state index in [1.165, 1.54) is 19.2 Å². The molecule has 0 aromatic heterocycles. The number of amides is 1. The molecule has 1 aliphatic rings. The monoisotopic (exact) mass is 438 g/mol. The molecule has 2 N–H and O–H groups in total. The molecule has 3 rings (SSSR count). The van der Waals surface area contributed by atoms with Gasteiger partial charge in [0.15, 0.2) is 11.5 Å². The van der Waals surface area contributed by atoms with Crippen molar-refractivity contribution in [3.05, 3.63) is 53.6 Å². The molecule has 0 saturated carbocycles. The number of ether oxygens (including phenoxy) is 2. The number of piperazine rings is 1. The van der Waals surface area contributed by atoms with Crippen LogP contribution in [0.4, 0.5) is 5.69 Å². The van der Waals surface area contributed by atoms with E-state index >= 15 is 0 Å². The first kappa shape index (κ1) is 12.4. The van der Waals surface area contributed by atoms with Crippen LogP contribution in [0, 0.1) is 13.7 Å². The molecular formula is C24H33N3O4. The van der Waals surface area contributed by atoms with Crippen LogP contribution in [0.5, 0.6) is 11.5 Å². The molecule has 2 aromatic carbocycles. The number of hydrogen-bond donors (Lipinski definition) is 2. The first-order valence-electron chi connectivity index (χ1n) is 15.2. The number of methoxy groups -OCH3 is 1. The minimum absolute atomic E-state index is 0.192. The fourth-order valence-corrected chi connectivity index (χ4v) is 3.00. The number of nitrogens with one attached hydrogen (secondary N) is 1. The Morgan fingerprint density at radius 2 is 1.77 bits per heavy atom. The van der Waals surface area contributed by atoms with Gasteiger partial charge in [-0.3, -0.25) is 14.6 Å². The fraction of sp³-hybridized carbons (Fsp3) is 0.458. The molecule has 1 heterocycles. The highest BCUT2D eigenvalue weighted by atomic mass is 16.5. The van der Waals surface area contributed by atoms with Gasteiger partial charge in [-0.25, -0.2) is 0 Å². The van der Waals surface area contributed by atoms with Crippen LogP contribution in [0.1, 0.15) is 26.2 Å². The smallest absolute Gasteiger partial charge is 0.238 e. The number of rotatable bonds is 9. The quantitative estimate of drug-likeness (QED) is 0.626. The highest BCUT2D eigenvalue weighted by molar-refractivity contribution is 5.93. The number of carbonyl (C=O) groups is 1. The van der Waals surface area contributed by atoms with Gasteiger partial charge in [-0.2, -0.15) is 0 Å². The van der Waals surface area contributed by atoms with Gasteiger partial charge in [-0.1, -0.05) is 30.3 Å². The van der Waals surface area contributed by atoms with Gasteiger partial charge >= 0.3 is 0 Å². The molecule has 168 valence electrons. The minimum atomic E-state index is -2.80. The molecule has 1 atom stereocenters. The van der Waals surface area contributed by atoms with Gasteiger partial charge in [0.25, 0.3) is 0 Å². The Morgan fingerprint density at radius 1 is 1.13 bits per heavy atom. The number of nitrogens with zero attached hydrogens (tertiary/aromatic N) is 2. The maximum absolute atomic E-state index is 13.1. The van der Waals surface area contributed by atoms with Crippen molar-refractivity contribution >= 4 is 11.6 Å². The molecule has 1 fully saturated rings. The third kappa shape index (κ3) is 6.69. The van der Waals surface area contributed by atoms with E-state index in [2.05, 4.69) is 5.32 Å². The van der Waals surface area contributed by atoms with Gasteiger partial charge in [-0.15, -0.1) is 0 Å². The van der Waals surface area contributed by atoms with Crippen molar-refractivity contribution in [2.24, 2.45) is 0 Å². The number of carbonyl (C=O) groups excluding carboxylic acids is 1. The highest BCUT2D eigenvalue weighted by Crippen LogP contribution is 2.25. The van der Waals surface area contributed by atoms with Crippen LogP contribution in [0.15, 0.2) is 42.5 Å². The molecule has 0 bridgehead atoms. The average molecular weight is 439 g/mol. The predicted molar refractivity (Wildman–Crippen MR) is 122 cm³/mol. The Kier molecular flexibility index (Phi) is 4.47. The maximum Gasteiger partial charge on any atom is 0.238 e. The number of aryl methyl sites for hydroxylation is 2. The molecular weight excluding hydrogens is 394 g/mol. The first-order valence-corrected chi connectivity index (χ1v) is 9.67. The second-order valence-corrected chi connectivity index (χ2v) is 6.77. The molecule has 2 aromatic rings. The van der Waals surface area contributed by atoms with Crippen LogP contribution in [0.25, 0.3) is 0 Å².